The molecule has 0 unspecified atom stereocenters. The third kappa shape index (κ3) is 8.51. The average molecular weight is 590 g/mol. The fourth-order valence-corrected chi connectivity index (χ4v) is 5.60. The van der Waals surface area contributed by atoms with Crippen LogP contribution in [0.3, 0.4) is 0 Å². The van der Waals surface area contributed by atoms with Crippen molar-refractivity contribution in [2.45, 2.75) is 38.9 Å². The normalized spacial score (nSPS) is 14.5. The van der Waals surface area contributed by atoms with E-state index in [2.05, 4.69) is 48.2 Å². The summed E-state index contributed by atoms with van der Waals surface area (Å²) in [6.07, 6.45) is 4.51. The van der Waals surface area contributed by atoms with Gasteiger partial charge in [-0.2, -0.15) is 0 Å². The van der Waals surface area contributed by atoms with E-state index in [4.69, 9.17) is 0 Å². The third-order valence-electron chi connectivity index (χ3n) is 8.22. The second kappa shape index (κ2) is 15.3. The lowest BCUT2D eigenvalue weighted by Crippen LogP contribution is -2.56. The highest BCUT2D eigenvalue weighted by molar-refractivity contribution is 5.95. The summed E-state index contributed by atoms with van der Waals surface area (Å²) < 4.78 is 13.5. The van der Waals surface area contributed by atoms with E-state index in [9.17, 15) is 14.0 Å². The Morgan fingerprint density at radius 3 is 1.95 bits per heavy atom. The number of carbonyl (C=O) groups is 2. The molecule has 0 radical (unpaired) electrons. The molecule has 1 aliphatic rings. The van der Waals surface area contributed by atoms with Crippen molar-refractivity contribution in [3.8, 4) is 0 Å². The molecule has 1 aliphatic heterocycles. The smallest absolute Gasteiger partial charge is 0.247 e. The predicted octanol–water partition coefficient (Wildman–Crippen LogP) is 6.39. The quantitative estimate of drug-likeness (QED) is 0.191. The number of nitrogens with zero attached hydrogens (tertiary/aromatic N) is 3. The first-order valence-corrected chi connectivity index (χ1v) is 15.4. The van der Waals surface area contributed by atoms with Gasteiger partial charge >= 0.3 is 0 Å². The number of hydrogen-bond acceptors (Lipinski definition) is 3. The monoisotopic (exact) mass is 589 g/mol. The van der Waals surface area contributed by atoms with E-state index in [0.29, 0.717) is 31.6 Å². The lowest BCUT2D eigenvalue weighted by Gasteiger charge is -2.39. The van der Waals surface area contributed by atoms with E-state index in [0.717, 1.165) is 37.2 Å². The lowest BCUT2D eigenvalue weighted by atomic mass is 10.0. The number of amides is 2. The van der Waals surface area contributed by atoms with Crippen LogP contribution >= 0.6 is 0 Å². The van der Waals surface area contributed by atoms with Crippen LogP contribution in [0.1, 0.15) is 34.7 Å². The molecule has 0 spiro atoms. The van der Waals surface area contributed by atoms with Crippen LogP contribution < -0.4 is 0 Å². The van der Waals surface area contributed by atoms with Crippen molar-refractivity contribution in [1.29, 1.82) is 0 Å². The number of hydrogen-bond donors (Lipinski definition) is 0. The molecular formula is C38H40FN3O2. The minimum Gasteiger partial charge on any atom is -0.338 e. The van der Waals surface area contributed by atoms with Gasteiger partial charge in [-0.25, -0.2) is 4.39 Å². The molecule has 2 amide bonds. The van der Waals surface area contributed by atoms with Gasteiger partial charge in [-0.05, 0) is 52.4 Å². The number of aryl methyl sites for hydroxylation is 1. The molecule has 6 heteroatoms. The van der Waals surface area contributed by atoms with Crippen molar-refractivity contribution in [2.75, 3.05) is 26.2 Å². The Morgan fingerprint density at radius 2 is 1.34 bits per heavy atom. The average Bonchev–Trinajstić information content (AvgIpc) is 3.07. The van der Waals surface area contributed by atoms with Gasteiger partial charge in [0.25, 0.3) is 0 Å². The van der Waals surface area contributed by atoms with Gasteiger partial charge in [0.2, 0.25) is 11.8 Å². The molecule has 0 saturated carbocycles. The zero-order chi connectivity index (χ0) is 30.7. The van der Waals surface area contributed by atoms with Crippen molar-refractivity contribution in [3.05, 3.63) is 149 Å². The highest BCUT2D eigenvalue weighted by Gasteiger charge is 2.34. The van der Waals surface area contributed by atoms with E-state index in [1.807, 2.05) is 53.4 Å². The summed E-state index contributed by atoms with van der Waals surface area (Å²) in [5, 5.41) is 0. The van der Waals surface area contributed by atoms with E-state index < -0.39 is 6.04 Å². The molecule has 1 fully saturated rings. The zero-order valence-electron chi connectivity index (χ0n) is 25.3. The van der Waals surface area contributed by atoms with Crippen LogP contribution in [0.2, 0.25) is 0 Å². The van der Waals surface area contributed by atoms with Crippen LogP contribution in [0, 0.1) is 5.82 Å². The fourth-order valence-electron chi connectivity index (χ4n) is 5.60. The van der Waals surface area contributed by atoms with Crippen molar-refractivity contribution < 1.29 is 14.0 Å². The standard InChI is InChI=1S/C38H40FN3O2/c1-2-30-13-15-34(16-14-30)29-42(37(43)22-19-31-17-20-35(39)21-18-31)36(27-32-9-5-3-6-10-32)38(44)41-25-23-40(24-26-41)28-33-11-7-4-8-12-33/h3-22,36H,2,23-29H2,1H3/b22-19+/t36-/m0/s1. The topological polar surface area (TPSA) is 43.9 Å². The molecule has 0 N–H and O–H groups in total. The lowest BCUT2D eigenvalue weighted by molar-refractivity contribution is -0.145. The molecule has 0 bridgehead atoms. The van der Waals surface area contributed by atoms with E-state index in [-0.39, 0.29) is 17.6 Å². The second-order valence-electron chi connectivity index (χ2n) is 11.3. The molecular weight excluding hydrogens is 549 g/mol. The van der Waals surface area contributed by atoms with Crippen LogP contribution in [0.15, 0.2) is 115 Å². The van der Waals surface area contributed by atoms with Gasteiger partial charge in [0, 0.05) is 51.8 Å². The summed E-state index contributed by atoms with van der Waals surface area (Å²) in [6, 6.07) is 33.8. The first-order chi connectivity index (χ1) is 21.5. The summed E-state index contributed by atoms with van der Waals surface area (Å²) in [6.45, 7) is 6.02. The Morgan fingerprint density at radius 1 is 0.750 bits per heavy atom. The molecule has 5 rings (SSSR count). The Bertz CT molecular complexity index is 1510. The Kier molecular flexibility index (Phi) is 10.7. The SMILES string of the molecule is CCc1ccc(CN(C(=O)/C=C/c2ccc(F)cc2)[C@@H](Cc2ccccc2)C(=O)N2CCN(Cc3ccccc3)CC2)cc1. The van der Waals surface area contributed by atoms with Gasteiger partial charge in [0.1, 0.15) is 11.9 Å². The molecule has 226 valence electrons. The van der Waals surface area contributed by atoms with Crippen LogP contribution in [0.25, 0.3) is 6.08 Å². The molecule has 4 aromatic carbocycles. The number of benzene rings is 4. The molecule has 44 heavy (non-hydrogen) atoms. The highest BCUT2D eigenvalue weighted by atomic mass is 19.1. The summed E-state index contributed by atoms with van der Waals surface area (Å²) in [7, 11) is 0. The highest BCUT2D eigenvalue weighted by Crippen LogP contribution is 2.20. The maximum Gasteiger partial charge on any atom is 0.247 e. The summed E-state index contributed by atoms with van der Waals surface area (Å²) in [5.41, 5.74) is 5.15. The number of piperazine rings is 1. The van der Waals surface area contributed by atoms with E-state index in [1.54, 1.807) is 23.1 Å². The maximum absolute atomic E-state index is 14.4. The van der Waals surface area contributed by atoms with Crippen LogP contribution in [-0.2, 0) is 35.5 Å². The first-order valence-electron chi connectivity index (χ1n) is 15.4. The summed E-state index contributed by atoms with van der Waals surface area (Å²) in [4.78, 5) is 34.3. The first kappa shape index (κ1) is 30.9. The minimum atomic E-state index is -0.686. The van der Waals surface area contributed by atoms with Gasteiger partial charge in [0.15, 0.2) is 0 Å². The van der Waals surface area contributed by atoms with Crippen LogP contribution in [-0.4, -0.2) is 58.7 Å². The third-order valence-corrected chi connectivity index (χ3v) is 8.22. The zero-order valence-corrected chi connectivity index (χ0v) is 25.3. The van der Waals surface area contributed by atoms with Crippen LogP contribution in [0.5, 0.6) is 0 Å². The van der Waals surface area contributed by atoms with Gasteiger partial charge in [-0.3, -0.25) is 14.5 Å². The molecule has 4 aromatic rings. The van der Waals surface area contributed by atoms with E-state index >= 15 is 0 Å². The van der Waals surface area contributed by atoms with Gasteiger partial charge in [-0.15, -0.1) is 0 Å². The van der Waals surface area contributed by atoms with Gasteiger partial charge in [0.05, 0.1) is 0 Å². The second-order valence-corrected chi connectivity index (χ2v) is 11.3. The summed E-state index contributed by atoms with van der Waals surface area (Å²) >= 11 is 0. The van der Waals surface area contributed by atoms with Crippen molar-refractivity contribution in [2.24, 2.45) is 0 Å². The molecule has 1 saturated heterocycles. The van der Waals surface area contributed by atoms with Gasteiger partial charge in [-0.1, -0.05) is 104 Å². The Balaban J connectivity index is 1.40. The largest absolute Gasteiger partial charge is 0.338 e. The maximum atomic E-state index is 14.4. The van der Waals surface area contributed by atoms with Crippen molar-refractivity contribution in [1.82, 2.24) is 14.7 Å². The number of carbonyl (C=O) groups excluding carboxylic acids is 2. The number of rotatable bonds is 11. The van der Waals surface area contributed by atoms with Crippen molar-refractivity contribution in [3.63, 3.8) is 0 Å². The van der Waals surface area contributed by atoms with Gasteiger partial charge < -0.3 is 9.80 Å². The molecule has 0 aliphatic carbocycles. The van der Waals surface area contributed by atoms with Crippen molar-refractivity contribution >= 4 is 17.9 Å². The molecule has 1 atom stereocenters. The Labute approximate surface area is 260 Å². The summed E-state index contributed by atoms with van der Waals surface area (Å²) in [5.74, 6) is -0.629. The van der Waals surface area contributed by atoms with Crippen LogP contribution in [0.4, 0.5) is 4.39 Å². The fraction of sp³-hybridized carbons (Fsp3) is 0.263. The number of halogens is 1. The van der Waals surface area contributed by atoms with E-state index in [1.165, 1.54) is 29.3 Å². The molecule has 5 nitrogen and oxygen atoms in total. The minimum absolute atomic E-state index is 0.0399. The Hall–Kier alpha value is -4.55. The molecule has 0 aromatic heterocycles. The predicted molar refractivity (Wildman–Crippen MR) is 174 cm³/mol. The molecule has 1 heterocycles.